The van der Waals surface area contributed by atoms with E-state index in [1.807, 2.05) is 23.1 Å². The number of piperidine rings is 3. The Hall–Kier alpha value is -2.57. The molecule has 5 atom stereocenters. The van der Waals surface area contributed by atoms with Gasteiger partial charge in [-0.1, -0.05) is 29.5 Å². The van der Waals surface area contributed by atoms with Crippen molar-refractivity contribution in [3.05, 3.63) is 66.6 Å². The molecule has 3 aromatic rings. The number of hydrogen-bond acceptors (Lipinski definition) is 5. The second kappa shape index (κ2) is 7.29. The van der Waals surface area contributed by atoms with Gasteiger partial charge in [-0.15, -0.1) is 11.7 Å². The highest BCUT2D eigenvalue weighted by Gasteiger charge is 2.44. The molecule has 1 N–H and O–H groups in total. The number of fused-ring (bicyclic) bond motifs is 4. The Morgan fingerprint density at radius 1 is 1.27 bits per heavy atom. The first-order chi connectivity index (χ1) is 14.5. The molecule has 0 aliphatic carbocycles. The molecule has 0 spiro atoms. The van der Waals surface area contributed by atoms with Crippen molar-refractivity contribution in [3.63, 3.8) is 0 Å². The van der Waals surface area contributed by atoms with Crippen molar-refractivity contribution in [3.8, 4) is 0 Å². The molecule has 5 heterocycles. The summed E-state index contributed by atoms with van der Waals surface area (Å²) in [6, 6.07) is 10.7. The fraction of sp³-hybridized carbons (Fsp3) is 0.458. The topological polar surface area (TPSA) is 67.1 Å². The van der Waals surface area contributed by atoms with Crippen LogP contribution in [0.15, 0.2) is 55.4 Å². The molecule has 3 aliphatic rings. The van der Waals surface area contributed by atoms with E-state index in [9.17, 15) is 5.11 Å². The zero-order chi connectivity index (χ0) is 20.9. The molecular weight excluding hydrogens is 374 g/mol. The van der Waals surface area contributed by atoms with Crippen LogP contribution in [0.1, 0.15) is 44.0 Å². The van der Waals surface area contributed by atoms with Gasteiger partial charge in [0.2, 0.25) is 0 Å². The zero-order valence-electron chi connectivity index (χ0n) is 17.6. The monoisotopic (exact) mass is 403 g/mol. The van der Waals surface area contributed by atoms with Gasteiger partial charge in [0, 0.05) is 24.2 Å². The molecule has 0 radical (unpaired) electrons. The van der Waals surface area contributed by atoms with Gasteiger partial charge >= 0.3 is 0 Å². The minimum atomic E-state index is -1.02. The van der Waals surface area contributed by atoms with E-state index in [0.29, 0.717) is 23.6 Å². The highest BCUT2D eigenvalue weighted by molar-refractivity contribution is 5.82. The third-order valence-electron chi connectivity index (χ3n) is 6.94. The first-order valence-corrected chi connectivity index (χ1v) is 10.8. The van der Waals surface area contributed by atoms with Crippen LogP contribution >= 0.6 is 0 Å². The lowest BCUT2D eigenvalue weighted by Gasteiger charge is -2.51. The summed E-state index contributed by atoms with van der Waals surface area (Å²) in [6.07, 6.45) is 8.26. The van der Waals surface area contributed by atoms with Crippen molar-refractivity contribution >= 4 is 10.9 Å². The Morgan fingerprint density at radius 3 is 2.80 bits per heavy atom. The van der Waals surface area contributed by atoms with E-state index in [2.05, 4.69) is 57.1 Å². The van der Waals surface area contributed by atoms with Crippen LogP contribution in [0.2, 0.25) is 0 Å². The summed E-state index contributed by atoms with van der Waals surface area (Å²) in [6.45, 7) is 9.72. The quantitative estimate of drug-likeness (QED) is 0.660. The number of para-hydroxylation sites is 1. The summed E-state index contributed by atoms with van der Waals surface area (Å²) >= 11 is 0. The van der Waals surface area contributed by atoms with Gasteiger partial charge in [-0.3, -0.25) is 9.88 Å². The van der Waals surface area contributed by atoms with E-state index >= 15 is 0 Å². The van der Waals surface area contributed by atoms with E-state index in [1.54, 1.807) is 13.8 Å². The maximum Gasteiger partial charge on any atom is 0.114 e. The summed E-state index contributed by atoms with van der Waals surface area (Å²) < 4.78 is 1.96. The zero-order valence-corrected chi connectivity index (χ0v) is 17.6. The van der Waals surface area contributed by atoms with Crippen LogP contribution in [0.25, 0.3) is 10.9 Å². The summed E-state index contributed by atoms with van der Waals surface area (Å²) in [7, 11) is 0. The van der Waals surface area contributed by atoms with Gasteiger partial charge in [0.25, 0.3) is 0 Å². The SMILES string of the molecule is C=C[C@H]1CN2CC[C@H]1C[C@H]2[C@H](c1ccnc2ccccc12)n1cc(C(C)(C)O)nn1. The third-order valence-corrected chi connectivity index (χ3v) is 6.94. The second-order valence-corrected chi connectivity index (χ2v) is 9.25. The normalized spacial score (nSPS) is 27.3. The van der Waals surface area contributed by atoms with E-state index in [1.165, 1.54) is 12.0 Å². The van der Waals surface area contributed by atoms with Crippen molar-refractivity contribution in [1.82, 2.24) is 24.9 Å². The minimum absolute atomic E-state index is 0.00932. The summed E-state index contributed by atoms with van der Waals surface area (Å²) in [4.78, 5) is 7.16. The van der Waals surface area contributed by atoms with Crippen LogP contribution in [0.3, 0.4) is 0 Å². The first-order valence-electron chi connectivity index (χ1n) is 10.8. The molecule has 1 unspecified atom stereocenters. The molecule has 2 bridgehead atoms. The second-order valence-electron chi connectivity index (χ2n) is 9.25. The lowest BCUT2D eigenvalue weighted by molar-refractivity contribution is -0.000169. The number of benzene rings is 1. The molecule has 6 rings (SSSR count). The summed E-state index contributed by atoms with van der Waals surface area (Å²) in [5, 5.41) is 20.4. The van der Waals surface area contributed by atoms with Crippen LogP contribution < -0.4 is 0 Å². The highest BCUT2D eigenvalue weighted by atomic mass is 16.3. The number of nitrogens with zero attached hydrogens (tertiary/aromatic N) is 5. The van der Waals surface area contributed by atoms with Crippen molar-refractivity contribution in [2.45, 2.75) is 44.4 Å². The highest BCUT2D eigenvalue weighted by Crippen LogP contribution is 2.43. The Balaban J connectivity index is 1.63. The molecule has 3 aliphatic heterocycles. The van der Waals surface area contributed by atoms with Crippen LogP contribution in [0, 0.1) is 11.8 Å². The van der Waals surface area contributed by atoms with Crippen LogP contribution in [-0.2, 0) is 5.60 Å². The molecular formula is C24H29N5O. The van der Waals surface area contributed by atoms with Crippen molar-refractivity contribution < 1.29 is 5.11 Å². The van der Waals surface area contributed by atoms with Crippen molar-refractivity contribution in [2.24, 2.45) is 11.8 Å². The fourth-order valence-electron chi connectivity index (χ4n) is 5.30. The predicted octanol–water partition coefficient (Wildman–Crippen LogP) is 3.54. The van der Waals surface area contributed by atoms with E-state index in [4.69, 9.17) is 0 Å². The smallest absolute Gasteiger partial charge is 0.114 e. The Labute approximate surface area is 177 Å². The molecule has 2 aromatic heterocycles. The fourth-order valence-corrected chi connectivity index (χ4v) is 5.30. The largest absolute Gasteiger partial charge is 0.384 e. The van der Waals surface area contributed by atoms with E-state index in [0.717, 1.165) is 30.4 Å². The molecule has 156 valence electrons. The summed E-state index contributed by atoms with van der Waals surface area (Å²) in [5.74, 6) is 1.22. The first kappa shape index (κ1) is 19.4. The lowest BCUT2D eigenvalue weighted by Crippen LogP contribution is -2.56. The molecule has 3 saturated heterocycles. The predicted molar refractivity (Wildman–Crippen MR) is 117 cm³/mol. The van der Waals surface area contributed by atoms with Gasteiger partial charge in [-0.2, -0.15) is 0 Å². The molecule has 0 amide bonds. The van der Waals surface area contributed by atoms with Gasteiger partial charge in [0.15, 0.2) is 0 Å². The van der Waals surface area contributed by atoms with Gasteiger partial charge in [0.1, 0.15) is 11.3 Å². The third kappa shape index (κ3) is 3.24. The van der Waals surface area contributed by atoms with E-state index in [-0.39, 0.29) is 6.04 Å². The minimum Gasteiger partial charge on any atom is -0.384 e. The molecule has 30 heavy (non-hydrogen) atoms. The number of aromatic nitrogens is 4. The van der Waals surface area contributed by atoms with Crippen molar-refractivity contribution in [2.75, 3.05) is 13.1 Å². The molecule has 6 nitrogen and oxygen atoms in total. The average Bonchev–Trinajstić information content (AvgIpc) is 3.25. The number of pyridine rings is 1. The number of rotatable bonds is 5. The molecule has 0 saturated carbocycles. The maximum absolute atomic E-state index is 10.5. The van der Waals surface area contributed by atoms with Gasteiger partial charge in [0.05, 0.1) is 17.8 Å². The van der Waals surface area contributed by atoms with Crippen LogP contribution in [-0.4, -0.2) is 49.1 Å². The maximum atomic E-state index is 10.5. The number of hydrogen-bond donors (Lipinski definition) is 1. The Morgan fingerprint density at radius 2 is 2.10 bits per heavy atom. The Bertz CT molecular complexity index is 1060. The average molecular weight is 404 g/mol. The van der Waals surface area contributed by atoms with E-state index < -0.39 is 5.60 Å². The van der Waals surface area contributed by atoms with Gasteiger partial charge in [-0.25, -0.2) is 4.68 Å². The van der Waals surface area contributed by atoms with Gasteiger partial charge < -0.3 is 5.11 Å². The Kier molecular flexibility index (Phi) is 4.71. The molecule has 6 heteroatoms. The molecule has 1 aromatic carbocycles. The summed E-state index contributed by atoms with van der Waals surface area (Å²) in [5.41, 5.74) is 1.76. The number of aliphatic hydroxyl groups is 1. The standard InChI is InChI=1S/C24H29N5O/c1-4-16-14-28-12-10-17(16)13-21(28)23(29-15-22(26-27-29)24(2,3)30)19-9-11-25-20-8-6-5-7-18(19)20/h4-9,11,15-17,21,23,30H,1,10,12-14H2,2-3H3/t16-,17-,21-,23-/m0/s1. The van der Waals surface area contributed by atoms with Crippen molar-refractivity contribution in [1.29, 1.82) is 0 Å². The lowest BCUT2D eigenvalue weighted by atomic mass is 9.73. The van der Waals surface area contributed by atoms with Crippen LogP contribution in [0.4, 0.5) is 0 Å². The van der Waals surface area contributed by atoms with Crippen LogP contribution in [0.5, 0.6) is 0 Å². The molecule has 3 fully saturated rings. The van der Waals surface area contributed by atoms with Gasteiger partial charge in [-0.05, 0) is 62.8 Å².